The molecule has 0 bridgehead atoms. The average Bonchev–Trinajstić information content (AvgIpc) is 3.27. The van der Waals surface area contributed by atoms with Crippen LogP contribution in [0.4, 0.5) is 11.4 Å². The number of nitro groups is 1. The Morgan fingerprint density at radius 2 is 2.00 bits per heavy atom. The first-order valence-corrected chi connectivity index (χ1v) is 10.2. The maximum absolute atomic E-state index is 12.6. The molecule has 9 nitrogen and oxygen atoms in total. The first-order chi connectivity index (χ1) is 14.6. The number of carbonyl (C=O) groups is 1. The van der Waals surface area contributed by atoms with Crippen molar-refractivity contribution in [2.75, 3.05) is 31.2 Å². The number of thiazole rings is 1. The number of carbonyl (C=O) groups excluding carboxylic acids is 1. The van der Waals surface area contributed by atoms with Gasteiger partial charge in [-0.3, -0.25) is 19.9 Å². The van der Waals surface area contributed by atoms with Gasteiger partial charge in [-0.15, -0.1) is 11.3 Å². The predicted octanol–water partition coefficient (Wildman–Crippen LogP) is 2.88. The van der Waals surface area contributed by atoms with Gasteiger partial charge in [-0.1, -0.05) is 0 Å². The molecule has 0 atom stereocenters. The third-order valence-electron chi connectivity index (χ3n) is 4.70. The van der Waals surface area contributed by atoms with Crippen molar-refractivity contribution in [3.63, 3.8) is 0 Å². The summed E-state index contributed by atoms with van der Waals surface area (Å²) in [7, 11) is 0. The normalized spacial score (nSPS) is 13.8. The van der Waals surface area contributed by atoms with Crippen molar-refractivity contribution in [3.05, 3.63) is 69.5 Å². The van der Waals surface area contributed by atoms with E-state index in [2.05, 4.69) is 15.3 Å². The highest BCUT2D eigenvalue weighted by atomic mass is 32.1. The van der Waals surface area contributed by atoms with Gasteiger partial charge in [0.1, 0.15) is 10.7 Å². The zero-order valence-corrected chi connectivity index (χ0v) is 16.8. The van der Waals surface area contributed by atoms with Crippen LogP contribution in [0, 0.1) is 10.1 Å². The highest BCUT2D eigenvalue weighted by molar-refractivity contribution is 7.13. The van der Waals surface area contributed by atoms with Gasteiger partial charge in [0.2, 0.25) is 0 Å². The molecule has 1 fully saturated rings. The standard InChI is InChI=1S/C20H19N5O4S/c26-19(22-12-16-13-30-20(23-16)14-3-5-21-6-4-14)15-1-2-17(18(11-15)25(27)28)24-7-9-29-10-8-24/h1-6,11,13H,7-10,12H2,(H,22,26). The Morgan fingerprint density at radius 3 is 2.73 bits per heavy atom. The molecule has 0 radical (unpaired) electrons. The summed E-state index contributed by atoms with van der Waals surface area (Å²) in [4.78, 5) is 34.1. The van der Waals surface area contributed by atoms with Crippen molar-refractivity contribution >= 4 is 28.6 Å². The lowest BCUT2D eigenvalue weighted by atomic mass is 10.1. The monoisotopic (exact) mass is 425 g/mol. The Bertz CT molecular complexity index is 1050. The summed E-state index contributed by atoms with van der Waals surface area (Å²) in [5, 5.41) is 17.1. The predicted molar refractivity (Wildman–Crippen MR) is 113 cm³/mol. The Kier molecular flexibility index (Phi) is 5.96. The fraction of sp³-hybridized carbons (Fsp3) is 0.250. The molecule has 2 aromatic heterocycles. The van der Waals surface area contributed by atoms with E-state index in [-0.39, 0.29) is 23.7 Å². The number of hydrogen-bond acceptors (Lipinski definition) is 8. The number of nitro benzene ring substituents is 1. The van der Waals surface area contributed by atoms with Crippen molar-refractivity contribution < 1.29 is 14.5 Å². The van der Waals surface area contributed by atoms with Crippen molar-refractivity contribution in [3.8, 4) is 10.6 Å². The van der Waals surface area contributed by atoms with Crippen LogP contribution in [-0.4, -0.2) is 47.1 Å². The molecule has 4 rings (SSSR count). The van der Waals surface area contributed by atoms with E-state index in [1.165, 1.54) is 17.4 Å². The van der Waals surface area contributed by atoms with Gasteiger partial charge in [0.15, 0.2) is 0 Å². The summed E-state index contributed by atoms with van der Waals surface area (Å²) in [6.07, 6.45) is 3.40. The summed E-state index contributed by atoms with van der Waals surface area (Å²) < 4.78 is 5.30. The molecule has 0 unspecified atom stereocenters. The molecule has 3 heterocycles. The van der Waals surface area contributed by atoms with Crippen LogP contribution in [0.1, 0.15) is 16.1 Å². The number of pyridine rings is 1. The number of morpholine rings is 1. The van der Waals surface area contributed by atoms with E-state index in [0.717, 1.165) is 16.3 Å². The van der Waals surface area contributed by atoms with Gasteiger partial charge in [-0.05, 0) is 24.3 Å². The van der Waals surface area contributed by atoms with Crippen molar-refractivity contribution in [2.45, 2.75) is 6.54 Å². The Labute approximate surface area is 176 Å². The van der Waals surface area contributed by atoms with Gasteiger partial charge >= 0.3 is 0 Å². The van der Waals surface area contributed by atoms with E-state index in [4.69, 9.17) is 4.74 Å². The molecule has 30 heavy (non-hydrogen) atoms. The maximum Gasteiger partial charge on any atom is 0.293 e. The Balaban J connectivity index is 1.45. The summed E-state index contributed by atoms with van der Waals surface area (Å²) >= 11 is 1.48. The molecule has 1 aliphatic heterocycles. The second-order valence-electron chi connectivity index (χ2n) is 6.62. The highest BCUT2D eigenvalue weighted by Crippen LogP contribution is 2.30. The maximum atomic E-state index is 12.6. The van der Waals surface area contributed by atoms with E-state index in [0.29, 0.717) is 32.0 Å². The second-order valence-corrected chi connectivity index (χ2v) is 7.48. The molecule has 154 valence electrons. The summed E-state index contributed by atoms with van der Waals surface area (Å²) in [5.41, 5.74) is 2.34. The Morgan fingerprint density at radius 1 is 1.23 bits per heavy atom. The lowest BCUT2D eigenvalue weighted by molar-refractivity contribution is -0.384. The van der Waals surface area contributed by atoms with E-state index in [1.807, 2.05) is 22.4 Å². The third-order valence-corrected chi connectivity index (χ3v) is 5.64. The fourth-order valence-electron chi connectivity index (χ4n) is 3.17. The number of hydrogen-bond donors (Lipinski definition) is 1. The topological polar surface area (TPSA) is 110 Å². The van der Waals surface area contributed by atoms with Gasteiger partial charge in [-0.25, -0.2) is 4.98 Å². The number of benzene rings is 1. The van der Waals surface area contributed by atoms with Crippen LogP contribution < -0.4 is 10.2 Å². The van der Waals surface area contributed by atoms with E-state index < -0.39 is 4.92 Å². The van der Waals surface area contributed by atoms with Gasteiger partial charge in [-0.2, -0.15) is 0 Å². The number of ether oxygens (including phenoxy) is 1. The number of aromatic nitrogens is 2. The molecule has 0 spiro atoms. The molecule has 0 aliphatic carbocycles. The largest absolute Gasteiger partial charge is 0.378 e. The lowest BCUT2D eigenvalue weighted by Gasteiger charge is -2.28. The second kappa shape index (κ2) is 8.97. The van der Waals surface area contributed by atoms with Crippen LogP contribution in [0.5, 0.6) is 0 Å². The molecule has 1 aliphatic rings. The van der Waals surface area contributed by atoms with Crippen LogP contribution in [0.15, 0.2) is 48.1 Å². The summed E-state index contributed by atoms with van der Waals surface area (Å²) in [5.74, 6) is -0.384. The molecule has 1 saturated heterocycles. The zero-order chi connectivity index (χ0) is 20.9. The van der Waals surface area contributed by atoms with Crippen LogP contribution in [0.2, 0.25) is 0 Å². The molecule has 10 heteroatoms. The van der Waals surface area contributed by atoms with E-state index >= 15 is 0 Å². The fourth-order valence-corrected chi connectivity index (χ4v) is 4.00. The number of nitrogens with zero attached hydrogens (tertiary/aromatic N) is 4. The molecular weight excluding hydrogens is 406 g/mol. The van der Waals surface area contributed by atoms with Crippen LogP contribution in [-0.2, 0) is 11.3 Å². The first kappa shape index (κ1) is 19.9. The van der Waals surface area contributed by atoms with Crippen molar-refractivity contribution in [1.29, 1.82) is 0 Å². The van der Waals surface area contributed by atoms with Gasteiger partial charge in [0, 0.05) is 48.1 Å². The molecule has 3 aromatic rings. The number of nitrogens with one attached hydrogen (secondary N) is 1. The quantitative estimate of drug-likeness (QED) is 0.477. The zero-order valence-electron chi connectivity index (χ0n) is 16.0. The SMILES string of the molecule is O=C(NCc1csc(-c2ccncc2)n1)c1ccc(N2CCOCC2)c([N+](=O)[O-])c1. The van der Waals surface area contributed by atoms with E-state index in [9.17, 15) is 14.9 Å². The molecule has 1 N–H and O–H groups in total. The first-order valence-electron chi connectivity index (χ1n) is 9.36. The highest BCUT2D eigenvalue weighted by Gasteiger charge is 2.23. The molecule has 1 aromatic carbocycles. The minimum atomic E-state index is -0.455. The minimum Gasteiger partial charge on any atom is -0.378 e. The van der Waals surface area contributed by atoms with Gasteiger partial charge in [0.25, 0.3) is 11.6 Å². The summed E-state index contributed by atoms with van der Waals surface area (Å²) in [6, 6.07) is 8.30. The van der Waals surface area contributed by atoms with Crippen LogP contribution in [0.3, 0.4) is 0 Å². The Hall–Kier alpha value is -3.37. The number of anilines is 1. The van der Waals surface area contributed by atoms with E-state index in [1.54, 1.807) is 24.5 Å². The minimum absolute atomic E-state index is 0.0850. The average molecular weight is 425 g/mol. The molecule has 1 amide bonds. The van der Waals surface area contributed by atoms with Crippen molar-refractivity contribution in [2.24, 2.45) is 0 Å². The van der Waals surface area contributed by atoms with Crippen molar-refractivity contribution in [1.82, 2.24) is 15.3 Å². The number of rotatable bonds is 6. The van der Waals surface area contributed by atoms with Crippen LogP contribution >= 0.6 is 11.3 Å². The van der Waals surface area contributed by atoms with Crippen LogP contribution in [0.25, 0.3) is 10.6 Å². The lowest BCUT2D eigenvalue weighted by Crippen LogP contribution is -2.36. The van der Waals surface area contributed by atoms with Gasteiger partial charge < -0.3 is 15.0 Å². The summed E-state index contributed by atoms with van der Waals surface area (Å²) in [6.45, 7) is 2.44. The van der Waals surface area contributed by atoms with Gasteiger partial charge in [0.05, 0.1) is 30.4 Å². The molecule has 0 saturated carbocycles. The smallest absolute Gasteiger partial charge is 0.293 e. The third kappa shape index (κ3) is 4.44. The number of amides is 1. The molecular formula is C20H19N5O4S.